The largest absolute Gasteiger partial charge is 0.372 e. The zero-order valence-corrected chi connectivity index (χ0v) is 18.9. The number of amides is 2. The number of urea groups is 1. The van der Waals surface area contributed by atoms with Gasteiger partial charge in [-0.1, -0.05) is 12.1 Å². The van der Waals surface area contributed by atoms with E-state index < -0.39 is 0 Å². The molecule has 0 unspecified atom stereocenters. The zero-order chi connectivity index (χ0) is 22.7. The van der Waals surface area contributed by atoms with Crippen LogP contribution in [0.5, 0.6) is 0 Å². The first-order chi connectivity index (χ1) is 15.4. The maximum Gasteiger partial charge on any atom is 0.317 e. The number of rotatable bonds is 7. The van der Waals surface area contributed by atoms with Crippen LogP contribution in [0.15, 0.2) is 42.9 Å². The van der Waals surface area contributed by atoms with Gasteiger partial charge in [0.2, 0.25) is 5.95 Å². The van der Waals surface area contributed by atoms with Crippen molar-refractivity contribution in [1.29, 1.82) is 0 Å². The minimum Gasteiger partial charge on any atom is -0.372 e. The number of aryl methyl sites for hydroxylation is 2. The van der Waals surface area contributed by atoms with Gasteiger partial charge in [-0.15, -0.1) is 0 Å². The molecule has 0 aliphatic carbocycles. The van der Waals surface area contributed by atoms with Gasteiger partial charge in [0.15, 0.2) is 0 Å². The van der Waals surface area contributed by atoms with Crippen LogP contribution in [0.2, 0.25) is 0 Å². The molecule has 0 saturated carbocycles. The van der Waals surface area contributed by atoms with Crippen molar-refractivity contribution in [2.45, 2.75) is 39.5 Å². The normalized spacial score (nSPS) is 13.8. The van der Waals surface area contributed by atoms with Gasteiger partial charge in [-0.05, 0) is 44.0 Å². The van der Waals surface area contributed by atoms with E-state index in [2.05, 4.69) is 31.8 Å². The Balaban J connectivity index is 0.00000204. The summed E-state index contributed by atoms with van der Waals surface area (Å²) in [6.07, 6.45) is 5.64. The predicted molar refractivity (Wildman–Crippen MR) is 127 cm³/mol. The van der Waals surface area contributed by atoms with Crippen molar-refractivity contribution in [2.24, 2.45) is 7.05 Å². The molecule has 172 valence electrons. The molecule has 2 amide bonds. The van der Waals surface area contributed by atoms with Gasteiger partial charge in [-0.2, -0.15) is 5.10 Å². The van der Waals surface area contributed by atoms with E-state index in [0.29, 0.717) is 25.6 Å². The highest BCUT2D eigenvalue weighted by atomic mass is 16.5. The lowest BCUT2D eigenvalue weighted by atomic mass is 10.0. The van der Waals surface area contributed by atoms with Crippen LogP contribution in [0.4, 0.5) is 16.4 Å². The number of benzene rings is 1. The summed E-state index contributed by atoms with van der Waals surface area (Å²) in [4.78, 5) is 23.0. The number of hydrogen-bond donors (Lipinski definition) is 2. The number of carbonyl (C=O) groups is 1. The first kappa shape index (κ1) is 21.8. The number of anilines is 2. The van der Waals surface area contributed by atoms with E-state index in [1.807, 2.05) is 52.2 Å². The summed E-state index contributed by atoms with van der Waals surface area (Å²) < 4.78 is 7.42. The minimum atomic E-state index is -0.0565. The number of likely N-dealkylation sites (tertiary alicyclic amines) is 1. The molecule has 1 aliphatic rings. The van der Waals surface area contributed by atoms with Crippen LogP contribution in [0.1, 0.15) is 27.8 Å². The highest BCUT2D eigenvalue weighted by Crippen LogP contribution is 2.22. The third-order valence-electron chi connectivity index (χ3n) is 5.28. The Morgan fingerprint density at radius 2 is 2.12 bits per heavy atom. The van der Waals surface area contributed by atoms with E-state index in [1.54, 1.807) is 22.0 Å². The SMILES string of the molecule is Cc1cc(-c2ccnc(Nc3cnn(C)c3)n2)ccc1CNC(=O)N1CC(OC(C)C)C1.[HH].[HH]. The second-order valence-electron chi connectivity index (χ2n) is 8.30. The lowest BCUT2D eigenvalue weighted by molar-refractivity contribution is -0.0641. The van der Waals surface area contributed by atoms with Gasteiger partial charge in [0.1, 0.15) is 0 Å². The number of aromatic nitrogens is 4. The van der Waals surface area contributed by atoms with Gasteiger partial charge in [0.25, 0.3) is 0 Å². The Morgan fingerprint density at radius 3 is 2.81 bits per heavy atom. The summed E-state index contributed by atoms with van der Waals surface area (Å²) in [6.45, 7) is 7.82. The second kappa shape index (κ2) is 9.35. The number of nitrogens with one attached hydrogen (secondary N) is 2. The van der Waals surface area contributed by atoms with E-state index in [1.165, 1.54) is 0 Å². The van der Waals surface area contributed by atoms with Crippen molar-refractivity contribution in [1.82, 2.24) is 30.0 Å². The quantitative estimate of drug-likeness (QED) is 0.582. The van der Waals surface area contributed by atoms with E-state index in [4.69, 9.17) is 4.74 Å². The lowest BCUT2D eigenvalue weighted by Gasteiger charge is -2.39. The third-order valence-corrected chi connectivity index (χ3v) is 5.28. The molecule has 1 fully saturated rings. The second-order valence-corrected chi connectivity index (χ2v) is 8.30. The molecule has 9 nitrogen and oxygen atoms in total. The van der Waals surface area contributed by atoms with Crippen molar-refractivity contribution < 1.29 is 12.4 Å². The fraction of sp³-hybridized carbons (Fsp3) is 0.391. The Morgan fingerprint density at radius 1 is 1.31 bits per heavy atom. The molecule has 0 spiro atoms. The van der Waals surface area contributed by atoms with E-state index in [-0.39, 0.29) is 21.1 Å². The predicted octanol–water partition coefficient (Wildman–Crippen LogP) is 3.74. The van der Waals surface area contributed by atoms with Crippen LogP contribution in [0, 0.1) is 6.92 Å². The smallest absolute Gasteiger partial charge is 0.317 e. The highest BCUT2D eigenvalue weighted by molar-refractivity contribution is 5.75. The van der Waals surface area contributed by atoms with Crippen molar-refractivity contribution in [2.75, 3.05) is 18.4 Å². The molecule has 4 rings (SSSR count). The molecule has 1 aliphatic heterocycles. The van der Waals surface area contributed by atoms with Gasteiger partial charge >= 0.3 is 6.03 Å². The monoisotopic (exact) mass is 439 g/mol. The van der Waals surface area contributed by atoms with Crippen LogP contribution in [-0.2, 0) is 18.3 Å². The van der Waals surface area contributed by atoms with Crippen LogP contribution < -0.4 is 10.6 Å². The van der Waals surface area contributed by atoms with E-state index in [9.17, 15) is 4.79 Å². The van der Waals surface area contributed by atoms with Crippen molar-refractivity contribution in [3.8, 4) is 11.3 Å². The third kappa shape index (κ3) is 5.23. The molecule has 0 bridgehead atoms. The molecule has 1 saturated heterocycles. The topological polar surface area (TPSA) is 97.2 Å². The molecule has 1 aromatic carbocycles. The Kier molecular flexibility index (Phi) is 6.36. The van der Waals surface area contributed by atoms with Gasteiger partial charge in [-0.25, -0.2) is 14.8 Å². The Labute approximate surface area is 190 Å². The van der Waals surface area contributed by atoms with E-state index in [0.717, 1.165) is 28.1 Å². The molecule has 9 heteroatoms. The van der Waals surface area contributed by atoms with Gasteiger partial charge in [0, 0.05) is 34.4 Å². The molecule has 0 radical (unpaired) electrons. The average molecular weight is 440 g/mol. The van der Waals surface area contributed by atoms with Crippen molar-refractivity contribution in [3.05, 3.63) is 54.0 Å². The summed E-state index contributed by atoms with van der Waals surface area (Å²) >= 11 is 0. The summed E-state index contributed by atoms with van der Waals surface area (Å²) in [6, 6.07) is 7.94. The first-order valence-electron chi connectivity index (χ1n) is 10.7. The fourth-order valence-corrected chi connectivity index (χ4v) is 3.61. The molecule has 2 aromatic heterocycles. The van der Waals surface area contributed by atoms with Gasteiger partial charge in [-0.3, -0.25) is 4.68 Å². The fourth-order valence-electron chi connectivity index (χ4n) is 3.61. The van der Waals surface area contributed by atoms with Gasteiger partial charge < -0.3 is 20.3 Å². The molecular weight excluding hydrogens is 406 g/mol. The van der Waals surface area contributed by atoms with Crippen molar-refractivity contribution in [3.63, 3.8) is 0 Å². The molecule has 3 heterocycles. The van der Waals surface area contributed by atoms with E-state index >= 15 is 0 Å². The molecular formula is C23H33N7O2. The summed E-state index contributed by atoms with van der Waals surface area (Å²) in [5.74, 6) is 0.513. The lowest BCUT2D eigenvalue weighted by Crippen LogP contribution is -2.58. The first-order valence-corrected chi connectivity index (χ1v) is 10.7. The van der Waals surface area contributed by atoms with Crippen LogP contribution >= 0.6 is 0 Å². The molecule has 2 N–H and O–H groups in total. The van der Waals surface area contributed by atoms with Gasteiger partial charge in [0.05, 0.1) is 42.9 Å². The number of ether oxygens (including phenoxy) is 1. The number of hydrogen-bond acceptors (Lipinski definition) is 6. The summed E-state index contributed by atoms with van der Waals surface area (Å²) in [5, 5.41) is 10.3. The minimum absolute atomic E-state index is 0. The van der Waals surface area contributed by atoms with Crippen LogP contribution in [0.3, 0.4) is 0 Å². The maximum absolute atomic E-state index is 12.3. The van der Waals surface area contributed by atoms with Crippen molar-refractivity contribution >= 4 is 17.7 Å². The zero-order valence-electron chi connectivity index (χ0n) is 18.9. The molecule has 3 aromatic rings. The standard InChI is InChI=1S/C23H29N7O2.2H2/c1-15(2)32-20-13-30(14-20)23(31)25-10-18-6-5-17(9-16(18)3)21-7-8-24-22(28-21)27-19-11-26-29(4)12-19;;/h5-9,11-12,15,20H,10,13-14H2,1-4H3,(H,25,31)(H,24,27,28);2*1H. The van der Waals surface area contributed by atoms with Crippen LogP contribution in [-0.4, -0.2) is 56.0 Å². The molecule has 0 atom stereocenters. The Bertz CT molecular complexity index is 1100. The number of carbonyl (C=O) groups excluding carboxylic acids is 1. The Hall–Kier alpha value is -3.46. The van der Waals surface area contributed by atoms with Crippen LogP contribution in [0.25, 0.3) is 11.3 Å². The summed E-state index contributed by atoms with van der Waals surface area (Å²) in [7, 11) is 1.86. The number of nitrogens with zero attached hydrogens (tertiary/aromatic N) is 5. The maximum atomic E-state index is 12.3. The molecule has 32 heavy (non-hydrogen) atoms. The summed E-state index contributed by atoms with van der Waals surface area (Å²) in [5.41, 5.74) is 4.80. The highest BCUT2D eigenvalue weighted by Gasteiger charge is 2.31. The average Bonchev–Trinajstić information content (AvgIpc) is 3.13.